The Balaban J connectivity index is 0.00000450. The van der Waals surface area contributed by atoms with Crippen LogP contribution in [0.3, 0.4) is 0 Å². The molecule has 54 heavy (non-hydrogen) atoms. The summed E-state index contributed by atoms with van der Waals surface area (Å²) in [6.07, 6.45) is 8.76. The zero-order valence-corrected chi connectivity index (χ0v) is 31.5. The Morgan fingerprint density at radius 2 is 1.37 bits per heavy atom. The van der Waals surface area contributed by atoms with E-state index in [0.717, 1.165) is 11.1 Å². The van der Waals surface area contributed by atoms with E-state index in [1.165, 1.54) is 30.4 Å². The maximum atomic E-state index is 12.4. The Kier molecular flexibility index (Phi) is 9.65. The molecule has 0 aliphatic heterocycles. The summed E-state index contributed by atoms with van der Waals surface area (Å²) in [5, 5.41) is 45.6. The van der Waals surface area contributed by atoms with Crippen LogP contribution in [0.5, 0.6) is 28.7 Å². The molecule has 0 unspecified atom stereocenters. The summed E-state index contributed by atoms with van der Waals surface area (Å²) in [7, 11) is -5.17. The number of H-pyrrole nitrogens is 1. The summed E-state index contributed by atoms with van der Waals surface area (Å²) in [5.41, 5.74) is 4.21. The van der Waals surface area contributed by atoms with Gasteiger partial charge in [0, 0.05) is 27.9 Å². The van der Waals surface area contributed by atoms with Crippen molar-refractivity contribution >= 4 is 60.5 Å². The van der Waals surface area contributed by atoms with Gasteiger partial charge in [-0.2, -0.15) is 0 Å². The van der Waals surface area contributed by atoms with Crippen molar-refractivity contribution in [2.75, 3.05) is 0 Å². The van der Waals surface area contributed by atoms with Crippen molar-refractivity contribution in [3.05, 3.63) is 137 Å². The molecule has 5 aromatic carbocycles. The number of hydrogen-bond donors (Lipinski definition) is 5. The van der Waals surface area contributed by atoms with E-state index in [2.05, 4.69) is 9.55 Å². The van der Waals surface area contributed by atoms with E-state index in [-0.39, 0.29) is 75.1 Å². The van der Waals surface area contributed by atoms with Gasteiger partial charge in [0.15, 0.2) is 11.5 Å². The molecule has 2 heterocycles. The Hall–Kier alpha value is -5.76. The molecular formula is C41H29N2NaO9S. The first-order chi connectivity index (χ1) is 25.4. The molecule has 0 saturated carbocycles. The van der Waals surface area contributed by atoms with Gasteiger partial charge in [0.05, 0.1) is 27.5 Å². The molecule has 0 spiro atoms. The number of aromatic hydroxyl groups is 4. The number of aryl methyl sites for hydroxylation is 2. The van der Waals surface area contributed by atoms with E-state index >= 15 is 0 Å². The molecule has 5 N–H and O–H groups in total. The minimum atomic E-state index is -5.17. The first-order valence-electron chi connectivity index (χ1n) is 16.4. The van der Waals surface area contributed by atoms with Crippen molar-refractivity contribution in [1.29, 1.82) is 0 Å². The second-order valence-electron chi connectivity index (χ2n) is 12.6. The molecular weight excluding hydrogens is 720 g/mol. The number of nitrogens with zero attached hydrogens (tertiary/aromatic N) is 1. The number of carbonyl (C=O) groups is 1. The summed E-state index contributed by atoms with van der Waals surface area (Å²) in [6.45, 7) is 0.353. The van der Waals surface area contributed by atoms with Crippen LogP contribution in [0.15, 0.2) is 115 Å². The van der Waals surface area contributed by atoms with Crippen LogP contribution in [0.1, 0.15) is 11.1 Å². The Labute approximate surface area is 329 Å². The molecule has 0 bridgehead atoms. The maximum Gasteiger partial charge on any atom is 1.00 e. The van der Waals surface area contributed by atoms with Crippen LogP contribution < -0.4 is 44.3 Å². The van der Waals surface area contributed by atoms with E-state index in [9.17, 15) is 38.2 Å². The van der Waals surface area contributed by atoms with Crippen LogP contribution in [0.2, 0.25) is 0 Å². The Morgan fingerprint density at radius 3 is 2.00 bits per heavy atom. The van der Waals surface area contributed by atoms with Gasteiger partial charge in [-0.1, -0.05) is 60.7 Å². The van der Waals surface area contributed by atoms with Gasteiger partial charge in [-0.05, 0) is 89.4 Å². The third kappa shape index (κ3) is 6.77. The third-order valence-corrected chi connectivity index (χ3v) is 9.69. The largest absolute Gasteiger partial charge is 1.00 e. The van der Waals surface area contributed by atoms with E-state index in [1.807, 2.05) is 18.2 Å². The SMILES string of the molecule is O=C1C=CC(=c2/c(=C/c3ccc(O)cc3)n(CCc3ccc(O)cc3)c3c(-c4ccc(O)cc4)c(O)c4[nH]c5c(OS(=O)(=O)[O-])cccc5c4c23)C=C1.[Na+]. The van der Waals surface area contributed by atoms with Crippen molar-refractivity contribution in [3.8, 4) is 39.9 Å². The topological polar surface area (TPSA) is 185 Å². The van der Waals surface area contributed by atoms with Crippen molar-refractivity contribution in [3.63, 3.8) is 0 Å². The standard InChI is InChI=1S/C41H30N2O9S.Na/c44-27-12-4-23(5-13-27)20-21-43-32(22-24-6-14-28(45)15-7-24)34(25-8-16-29(46)17-9-25)37-36-31-2-1-3-33(52-53(49,50)51)38(31)42-39(36)41(48)35(40(37)43)26-10-18-30(47)19-11-26;/h1-19,22,42,44-45,47-48H,20-21H2,(H,49,50,51);/q;+1/p-1/b32-22-;. The number of aromatic nitrogens is 2. The number of rotatable bonds is 7. The normalized spacial score (nSPS) is 13.3. The number of benzene rings is 5. The van der Waals surface area contributed by atoms with Gasteiger partial charge in [0.1, 0.15) is 23.0 Å². The van der Waals surface area contributed by atoms with Crippen LogP contribution >= 0.6 is 0 Å². The summed E-state index contributed by atoms with van der Waals surface area (Å²) >= 11 is 0. The molecule has 2 aromatic heterocycles. The fraction of sp³-hybridized carbons (Fsp3) is 0.0488. The molecule has 0 atom stereocenters. The summed E-state index contributed by atoms with van der Waals surface area (Å²) in [4.78, 5) is 15.6. The van der Waals surface area contributed by atoms with Gasteiger partial charge >= 0.3 is 29.6 Å². The number of carbonyl (C=O) groups excluding carboxylic acids is 1. The van der Waals surface area contributed by atoms with Crippen LogP contribution in [0.25, 0.3) is 55.5 Å². The third-order valence-electron chi connectivity index (χ3n) is 9.31. The molecule has 11 nitrogen and oxygen atoms in total. The summed E-state index contributed by atoms with van der Waals surface area (Å²) in [5.74, 6) is -0.424. The Morgan fingerprint density at radius 1 is 0.759 bits per heavy atom. The quantitative estimate of drug-likeness (QED) is 0.0929. The Bertz CT molecular complexity index is 2910. The van der Waals surface area contributed by atoms with Crippen LogP contribution in [-0.2, 0) is 28.2 Å². The van der Waals surface area contributed by atoms with E-state index in [1.54, 1.807) is 72.8 Å². The van der Waals surface area contributed by atoms with Gasteiger partial charge in [-0.3, -0.25) is 4.79 Å². The molecule has 1 aliphatic rings. The fourth-order valence-electron chi connectivity index (χ4n) is 7.01. The zero-order valence-electron chi connectivity index (χ0n) is 28.6. The van der Waals surface area contributed by atoms with Crippen LogP contribution in [0.4, 0.5) is 0 Å². The van der Waals surface area contributed by atoms with Gasteiger partial charge in [-0.25, -0.2) is 8.42 Å². The van der Waals surface area contributed by atoms with Crippen molar-refractivity contribution < 1.29 is 71.9 Å². The number of phenolic OH excluding ortho intramolecular Hbond substituents is 4. The molecule has 8 rings (SSSR count). The van der Waals surface area contributed by atoms with Gasteiger partial charge in [0.2, 0.25) is 0 Å². The van der Waals surface area contributed by atoms with E-state index in [4.69, 9.17) is 4.18 Å². The maximum absolute atomic E-state index is 12.4. The second kappa shape index (κ2) is 14.2. The van der Waals surface area contributed by atoms with Crippen LogP contribution in [-0.4, -0.2) is 48.7 Å². The number of aromatic amines is 1. The summed E-state index contributed by atoms with van der Waals surface area (Å²) in [6, 6.07) is 24.4. The van der Waals surface area contributed by atoms with Crippen molar-refractivity contribution in [1.82, 2.24) is 9.55 Å². The number of fused-ring (bicyclic) bond motifs is 5. The predicted molar refractivity (Wildman–Crippen MR) is 200 cm³/mol. The molecule has 0 radical (unpaired) electrons. The molecule has 7 aromatic rings. The number of allylic oxidation sites excluding steroid dienone is 4. The average Bonchev–Trinajstić information content (AvgIpc) is 3.66. The minimum Gasteiger partial charge on any atom is -0.716 e. The van der Waals surface area contributed by atoms with Gasteiger partial charge in [-0.15, -0.1) is 0 Å². The van der Waals surface area contributed by atoms with Crippen molar-refractivity contribution in [2.45, 2.75) is 13.0 Å². The zero-order chi connectivity index (χ0) is 37.0. The van der Waals surface area contributed by atoms with Gasteiger partial charge in [0.25, 0.3) is 10.4 Å². The average molecular weight is 749 g/mol. The van der Waals surface area contributed by atoms with E-state index in [0.29, 0.717) is 61.9 Å². The molecule has 0 saturated heterocycles. The van der Waals surface area contributed by atoms with Crippen molar-refractivity contribution in [2.24, 2.45) is 0 Å². The molecule has 13 heteroatoms. The minimum absolute atomic E-state index is 0. The van der Waals surface area contributed by atoms with E-state index < -0.39 is 10.4 Å². The first-order valence-corrected chi connectivity index (χ1v) is 17.8. The molecule has 0 amide bonds. The monoisotopic (exact) mass is 748 g/mol. The summed E-state index contributed by atoms with van der Waals surface area (Å²) < 4.78 is 42.3. The number of ketones is 1. The van der Waals surface area contributed by atoms with Crippen LogP contribution in [0, 0.1) is 0 Å². The fourth-order valence-corrected chi connectivity index (χ4v) is 7.37. The first kappa shape index (κ1) is 36.6. The molecule has 0 fully saturated rings. The smallest absolute Gasteiger partial charge is 0.716 e. The second-order valence-corrected chi connectivity index (χ2v) is 13.6. The molecule has 264 valence electrons. The number of nitrogens with one attached hydrogen (secondary N) is 1. The molecule has 1 aliphatic carbocycles. The number of para-hydroxylation sites is 1. The predicted octanol–water partition coefficient (Wildman–Crippen LogP) is 2.53. The number of phenols is 4. The van der Waals surface area contributed by atoms with Gasteiger partial charge < -0.3 is 38.7 Å². The number of hydrogen-bond acceptors (Lipinski definition) is 9.